The van der Waals surface area contributed by atoms with Crippen LogP contribution < -0.4 is 10.0 Å². The Bertz CT molecular complexity index is 842. The summed E-state index contributed by atoms with van der Waals surface area (Å²) in [6, 6.07) is 10.4. The number of amides is 1. The fourth-order valence-corrected chi connectivity index (χ4v) is 3.91. The number of sulfonamides is 1. The molecule has 0 aliphatic rings. The van der Waals surface area contributed by atoms with Crippen LogP contribution in [0.15, 0.2) is 51.8 Å². The quantitative estimate of drug-likeness (QED) is 0.777. The maximum atomic E-state index is 12.8. The molecule has 23 heavy (non-hydrogen) atoms. The second kappa shape index (κ2) is 7.09. The Labute approximate surface area is 152 Å². The van der Waals surface area contributed by atoms with Gasteiger partial charge in [0.15, 0.2) is 0 Å². The Morgan fingerprint density at radius 2 is 1.70 bits per heavy atom. The van der Waals surface area contributed by atoms with Crippen molar-refractivity contribution in [1.29, 1.82) is 0 Å². The molecule has 0 aliphatic carbocycles. The fraction of sp³-hybridized carbons (Fsp3) is 0.0714. The Hall–Kier alpha value is -1.28. The van der Waals surface area contributed by atoms with Gasteiger partial charge in [-0.2, -0.15) is 0 Å². The van der Waals surface area contributed by atoms with Crippen molar-refractivity contribution in [2.75, 3.05) is 10.8 Å². The monoisotopic (exact) mass is 436 g/mol. The highest BCUT2D eigenvalue weighted by Crippen LogP contribution is 2.29. The standard InChI is InChI=1S/C14H11BrCl2N2O3S/c15-9-1-3-10(4-2-9)19(8-14(18)20)23(21,22)11-5-6-12(16)13(17)7-11/h1-7H,8H2,(H2,18,20). The molecule has 0 atom stereocenters. The number of anilines is 1. The van der Waals surface area contributed by atoms with E-state index < -0.39 is 22.5 Å². The smallest absolute Gasteiger partial charge is 0.264 e. The van der Waals surface area contributed by atoms with E-state index in [1.165, 1.54) is 18.2 Å². The second-order valence-electron chi connectivity index (χ2n) is 4.53. The third kappa shape index (κ3) is 4.17. The van der Waals surface area contributed by atoms with Crippen LogP contribution in [0.3, 0.4) is 0 Å². The number of rotatable bonds is 5. The molecule has 0 unspecified atom stereocenters. The number of primary amides is 1. The summed E-state index contributed by atoms with van der Waals surface area (Å²) in [4.78, 5) is 11.2. The van der Waals surface area contributed by atoms with Gasteiger partial charge in [-0.25, -0.2) is 8.42 Å². The molecule has 5 nitrogen and oxygen atoms in total. The number of carbonyl (C=O) groups excluding carboxylic acids is 1. The molecule has 2 rings (SSSR count). The highest BCUT2D eigenvalue weighted by atomic mass is 79.9. The molecule has 9 heteroatoms. The average molecular weight is 438 g/mol. The SMILES string of the molecule is NC(=O)CN(c1ccc(Br)cc1)S(=O)(=O)c1ccc(Cl)c(Cl)c1. The molecule has 0 saturated carbocycles. The van der Waals surface area contributed by atoms with E-state index in [0.717, 1.165) is 8.78 Å². The van der Waals surface area contributed by atoms with Crippen LogP contribution in [0, 0.1) is 0 Å². The number of hydrogen-bond donors (Lipinski definition) is 1. The largest absolute Gasteiger partial charge is 0.368 e. The molecule has 1 amide bonds. The first-order chi connectivity index (χ1) is 10.7. The van der Waals surface area contributed by atoms with Crippen LogP contribution in [0.5, 0.6) is 0 Å². The first-order valence-electron chi connectivity index (χ1n) is 6.23. The van der Waals surface area contributed by atoms with Crippen LogP contribution in [-0.2, 0) is 14.8 Å². The molecule has 122 valence electrons. The zero-order chi connectivity index (χ0) is 17.2. The number of benzene rings is 2. The van der Waals surface area contributed by atoms with Crippen molar-refractivity contribution in [3.05, 3.63) is 57.0 Å². The van der Waals surface area contributed by atoms with Gasteiger partial charge >= 0.3 is 0 Å². The minimum absolute atomic E-state index is 0.0870. The summed E-state index contributed by atoms with van der Waals surface area (Å²) in [5.74, 6) is -0.781. The van der Waals surface area contributed by atoms with Crippen molar-refractivity contribution in [2.45, 2.75) is 4.90 Å². The van der Waals surface area contributed by atoms with E-state index in [2.05, 4.69) is 15.9 Å². The molecule has 0 spiro atoms. The molecule has 0 fully saturated rings. The van der Waals surface area contributed by atoms with Gasteiger partial charge in [0.25, 0.3) is 10.0 Å². The molecule has 0 saturated heterocycles. The number of hydrogen-bond acceptors (Lipinski definition) is 3. The minimum Gasteiger partial charge on any atom is -0.368 e. The summed E-state index contributed by atoms with van der Waals surface area (Å²) in [5, 5.41) is 0.332. The van der Waals surface area contributed by atoms with Crippen LogP contribution in [0.25, 0.3) is 0 Å². The third-order valence-electron chi connectivity index (χ3n) is 2.89. The lowest BCUT2D eigenvalue weighted by molar-refractivity contribution is -0.116. The Balaban J connectivity index is 2.54. The maximum absolute atomic E-state index is 12.8. The first-order valence-corrected chi connectivity index (χ1v) is 9.22. The molecule has 0 radical (unpaired) electrons. The Kier molecular flexibility index (Phi) is 5.57. The topological polar surface area (TPSA) is 80.5 Å². The van der Waals surface area contributed by atoms with E-state index in [0.29, 0.717) is 5.69 Å². The van der Waals surface area contributed by atoms with Gasteiger partial charge in [0.1, 0.15) is 6.54 Å². The third-order valence-corrected chi connectivity index (χ3v) is 5.93. The van der Waals surface area contributed by atoms with Gasteiger partial charge in [0.2, 0.25) is 5.91 Å². The van der Waals surface area contributed by atoms with Crippen LogP contribution in [0.2, 0.25) is 10.0 Å². The van der Waals surface area contributed by atoms with Gasteiger partial charge < -0.3 is 5.73 Å². The zero-order valence-electron chi connectivity index (χ0n) is 11.5. The van der Waals surface area contributed by atoms with Crippen LogP contribution >= 0.6 is 39.1 Å². The minimum atomic E-state index is -4.03. The summed E-state index contributed by atoms with van der Waals surface area (Å²) in [6.45, 7) is -0.496. The van der Waals surface area contributed by atoms with Gasteiger partial charge in [-0.3, -0.25) is 9.10 Å². The van der Waals surface area contributed by atoms with Gasteiger partial charge in [-0.05, 0) is 42.5 Å². The van der Waals surface area contributed by atoms with E-state index >= 15 is 0 Å². The van der Waals surface area contributed by atoms with Gasteiger partial charge in [-0.1, -0.05) is 39.1 Å². The van der Waals surface area contributed by atoms with Gasteiger partial charge in [0.05, 0.1) is 20.6 Å². The second-order valence-corrected chi connectivity index (χ2v) is 8.12. The van der Waals surface area contributed by atoms with Crippen LogP contribution in [-0.4, -0.2) is 20.9 Å². The molecule has 2 N–H and O–H groups in total. The fourth-order valence-electron chi connectivity index (χ4n) is 1.83. The molecule has 2 aromatic carbocycles. The summed E-state index contributed by atoms with van der Waals surface area (Å²) in [6.07, 6.45) is 0. The Morgan fingerprint density at radius 3 is 2.22 bits per heavy atom. The van der Waals surface area contributed by atoms with E-state index in [4.69, 9.17) is 28.9 Å². The lowest BCUT2D eigenvalue weighted by Crippen LogP contribution is -2.38. The predicted molar refractivity (Wildman–Crippen MR) is 94.3 cm³/mol. The van der Waals surface area contributed by atoms with E-state index in [-0.39, 0.29) is 14.9 Å². The summed E-state index contributed by atoms with van der Waals surface area (Å²) < 4.78 is 27.3. The van der Waals surface area contributed by atoms with Crippen LogP contribution in [0.1, 0.15) is 0 Å². The summed E-state index contributed by atoms with van der Waals surface area (Å²) in [7, 11) is -4.03. The van der Waals surface area contributed by atoms with Gasteiger partial charge in [-0.15, -0.1) is 0 Å². The number of carbonyl (C=O) groups is 1. The molecular formula is C14H11BrCl2N2O3S. The van der Waals surface area contributed by atoms with Crippen LogP contribution in [0.4, 0.5) is 5.69 Å². The highest BCUT2D eigenvalue weighted by molar-refractivity contribution is 9.10. The van der Waals surface area contributed by atoms with Crippen molar-refractivity contribution >= 4 is 60.7 Å². The predicted octanol–water partition coefficient (Wildman–Crippen LogP) is 3.44. The summed E-state index contributed by atoms with van der Waals surface area (Å²) in [5.41, 5.74) is 5.49. The van der Waals surface area contributed by atoms with E-state index in [1.807, 2.05) is 0 Å². The zero-order valence-corrected chi connectivity index (χ0v) is 15.5. The Morgan fingerprint density at radius 1 is 1.09 bits per heavy atom. The van der Waals surface area contributed by atoms with Crippen molar-refractivity contribution in [1.82, 2.24) is 0 Å². The van der Waals surface area contributed by atoms with E-state index in [9.17, 15) is 13.2 Å². The highest BCUT2D eigenvalue weighted by Gasteiger charge is 2.27. The van der Waals surface area contributed by atoms with Crippen molar-refractivity contribution in [2.24, 2.45) is 5.73 Å². The molecule has 0 bridgehead atoms. The number of halogens is 3. The number of nitrogens with two attached hydrogens (primary N) is 1. The van der Waals surface area contributed by atoms with Gasteiger partial charge in [0, 0.05) is 4.47 Å². The normalized spacial score (nSPS) is 11.3. The first kappa shape index (κ1) is 18.1. The lowest BCUT2D eigenvalue weighted by atomic mass is 10.3. The lowest BCUT2D eigenvalue weighted by Gasteiger charge is -2.23. The average Bonchev–Trinajstić information content (AvgIpc) is 2.48. The molecule has 0 heterocycles. The van der Waals surface area contributed by atoms with E-state index in [1.54, 1.807) is 24.3 Å². The molecule has 0 aliphatic heterocycles. The molecular weight excluding hydrogens is 427 g/mol. The maximum Gasteiger partial charge on any atom is 0.264 e. The van der Waals surface area contributed by atoms with Crippen molar-refractivity contribution in [3.63, 3.8) is 0 Å². The van der Waals surface area contributed by atoms with Crippen molar-refractivity contribution < 1.29 is 13.2 Å². The molecule has 0 aromatic heterocycles. The van der Waals surface area contributed by atoms with Crippen molar-refractivity contribution in [3.8, 4) is 0 Å². The molecule has 2 aromatic rings. The number of nitrogens with zero attached hydrogens (tertiary/aromatic N) is 1. The summed E-state index contributed by atoms with van der Waals surface area (Å²) >= 11 is 15.0.